The molecule has 1 unspecified atom stereocenters. The van der Waals surface area contributed by atoms with Crippen LogP contribution in [0.15, 0.2) is 0 Å². The highest BCUT2D eigenvalue weighted by atomic mass is 32.2. The van der Waals surface area contributed by atoms with Gasteiger partial charge in [-0.3, -0.25) is 0 Å². The summed E-state index contributed by atoms with van der Waals surface area (Å²) in [5, 5.41) is 10.0. The van der Waals surface area contributed by atoms with Crippen LogP contribution in [0.4, 0.5) is 0 Å². The zero-order chi connectivity index (χ0) is 12.3. The van der Waals surface area contributed by atoms with Gasteiger partial charge in [0, 0.05) is 19.3 Å². The molecule has 92 valence electrons. The second-order valence-electron chi connectivity index (χ2n) is 4.88. The van der Waals surface area contributed by atoms with Crippen LogP contribution in [0.25, 0.3) is 0 Å². The quantitative estimate of drug-likeness (QED) is 0.725. The minimum atomic E-state index is -2.92. The van der Waals surface area contributed by atoms with E-state index in [0.717, 1.165) is 0 Å². The maximum Gasteiger partial charge on any atom is 0.148 e. The predicted molar refractivity (Wildman–Crippen MR) is 62.7 cm³/mol. The van der Waals surface area contributed by atoms with Crippen molar-refractivity contribution in [3.05, 3.63) is 0 Å². The van der Waals surface area contributed by atoms with Gasteiger partial charge in [-0.2, -0.15) is 0 Å². The van der Waals surface area contributed by atoms with Gasteiger partial charge in [0.15, 0.2) is 0 Å². The van der Waals surface area contributed by atoms with Crippen LogP contribution in [0.1, 0.15) is 20.8 Å². The first-order valence-corrected chi connectivity index (χ1v) is 7.19. The van der Waals surface area contributed by atoms with Gasteiger partial charge in [0.05, 0.1) is 11.4 Å². The number of aliphatic hydroxyl groups is 1. The summed E-state index contributed by atoms with van der Waals surface area (Å²) in [6, 6.07) is 0. The lowest BCUT2D eigenvalue weighted by molar-refractivity contribution is -0.0118. The molecule has 1 N–H and O–H groups in total. The second kappa shape index (κ2) is 5.27. The van der Waals surface area contributed by atoms with E-state index in [1.807, 2.05) is 25.8 Å². The Bertz CT molecular complexity index is 283. The topological polar surface area (TPSA) is 57.6 Å². The van der Waals surface area contributed by atoms with Crippen LogP contribution < -0.4 is 0 Å². The van der Waals surface area contributed by atoms with E-state index in [-0.39, 0.29) is 11.7 Å². The molecule has 5 heteroatoms. The molecule has 0 aromatic heterocycles. The normalized spacial score (nSPS) is 17.1. The number of nitrogens with zero attached hydrogens (tertiary/aromatic N) is 1. The first-order chi connectivity index (χ1) is 6.54. The van der Waals surface area contributed by atoms with Crippen molar-refractivity contribution in [1.82, 2.24) is 4.90 Å². The Morgan fingerprint density at radius 3 is 2.20 bits per heavy atom. The van der Waals surface area contributed by atoms with Crippen molar-refractivity contribution in [3.63, 3.8) is 0 Å². The molecule has 0 aliphatic heterocycles. The summed E-state index contributed by atoms with van der Waals surface area (Å²) < 4.78 is 21.9. The lowest BCUT2D eigenvalue weighted by Gasteiger charge is -2.32. The zero-order valence-corrected chi connectivity index (χ0v) is 11.1. The molecule has 0 rings (SSSR count). The Kier molecular flexibility index (Phi) is 5.23. The van der Waals surface area contributed by atoms with Crippen LogP contribution in [-0.4, -0.2) is 56.2 Å². The average Bonchev–Trinajstić information content (AvgIpc) is 1.98. The van der Waals surface area contributed by atoms with Crippen LogP contribution >= 0.6 is 0 Å². The van der Waals surface area contributed by atoms with Gasteiger partial charge in [0.2, 0.25) is 0 Å². The minimum Gasteiger partial charge on any atom is -0.389 e. The van der Waals surface area contributed by atoms with Crippen LogP contribution in [-0.2, 0) is 9.84 Å². The minimum absolute atomic E-state index is 0.137. The Morgan fingerprint density at radius 2 is 1.87 bits per heavy atom. The third-order valence-corrected chi connectivity index (χ3v) is 3.60. The third-order valence-electron chi connectivity index (χ3n) is 2.68. The molecule has 1 atom stereocenters. The van der Waals surface area contributed by atoms with Crippen LogP contribution in [0.3, 0.4) is 0 Å². The van der Waals surface area contributed by atoms with E-state index < -0.39 is 15.4 Å². The highest BCUT2D eigenvalue weighted by Gasteiger charge is 2.26. The molecule has 0 saturated heterocycles. The fraction of sp³-hybridized carbons (Fsp3) is 1.00. The lowest BCUT2D eigenvalue weighted by Crippen LogP contribution is -2.44. The van der Waals surface area contributed by atoms with Gasteiger partial charge in [0.25, 0.3) is 0 Å². The maximum absolute atomic E-state index is 10.9. The molecule has 0 spiro atoms. The van der Waals surface area contributed by atoms with Gasteiger partial charge in [-0.25, -0.2) is 8.42 Å². The van der Waals surface area contributed by atoms with Crippen molar-refractivity contribution >= 4 is 9.84 Å². The van der Waals surface area contributed by atoms with E-state index in [9.17, 15) is 13.5 Å². The Morgan fingerprint density at radius 1 is 1.40 bits per heavy atom. The molecule has 15 heavy (non-hydrogen) atoms. The first kappa shape index (κ1) is 14.9. The summed E-state index contributed by atoms with van der Waals surface area (Å²) in [6.07, 6.45) is 1.22. The Balaban J connectivity index is 4.10. The fourth-order valence-electron chi connectivity index (χ4n) is 1.13. The predicted octanol–water partition coefficient (Wildman–Crippen LogP) is 0.370. The molecular weight excluding hydrogens is 214 g/mol. The monoisotopic (exact) mass is 237 g/mol. The SMILES string of the molecule is CC(C)C(C)(O)CN(C)CCS(C)(=O)=O. The summed E-state index contributed by atoms with van der Waals surface area (Å²) in [4.78, 5) is 1.85. The number of sulfone groups is 1. The molecule has 0 fully saturated rings. The van der Waals surface area contributed by atoms with Gasteiger partial charge in [-0.1, -0.05) is 13.8 Å². The van der Waals surface area contributed by atoms with Crippen LogP contribution in [0.2, 0.25) is 0 Å². The fourth-order valence-corrected chi connectivity index (χ4v) is 1.77. The number of hydrogen-bond donors (Lipinski definition) is 1. The van der Waals surface area contributed by atoms with Crippen LogP contribution in [0, 0.1) is 5.92 Å². The third kappa shape index (κ3) is 6.87. The molecule has 0 heterocycles. The number of rotatable bonds is 6. The van der Waals surface area contributed by atoms with Crippen molar-refractivity contribution < 1.29 is 13.5 Å². The summed E-state index contributed by atoms with van der Waals surface area (Å²) in [6.45, 7) is 6.62. The molecule has 0 aliphatic rings. The molecule has 0 aromatic rings. The summed E-state index contributed by atoms with van der Waals surface area (Å²) in [5.41, 5.74) is -0.772. The standard InChI is InChI=1S/C10H23NO3S/c1-9(2)10(3,12)8-11(4)6-7-15(5,13)14/h9,12H,6-8H2,1-5H3. The van der Waals surface area contributed by atoms with E-state index in [2.05, 4.69) is 0 Å². The molecule has 0 aromatic carbocycles. The van der Waals surface area contributed by atoms with Crippen molar-refractivity contribution in [2.45, 2.75) is 26.4 Å². The molecule has 4 nitrogen and oxygen atoms in total. The maximum atomic E-state index is 10.9. The summed E-state index contributed by atoms with van der Waals surface area (Å²) >= 11 is 0. The van der Waals surface area contributed by atoms with E-state index >= 15 is 0 Å². The second-order valence-corrected chi connectivity index (χ2v) is 7.14. The molecule has 0 saturated carbocycles. The Labute approximate surface area is 93.2 Å². The summed E-state index contributed by atoms with van der Waals surface area (Å²) in [5.74, 6) is 0.288. The Hall–Kier alpha value is -0.130. The molecule has 0 aliphatic carbocycles. The van der Waals surface area contributed by atoms with Crippen molar-refractivity contribution in [2.75, 3.05) is 32.1 Å². The molecule has 0 bridgehead atoms. The van der Waals surface area contributed by atoms with E-state index in [1.54, 1.807) is 6.92 Å². The molecule has 0 amide bonds. The van der Waals surface area contributed by atoms with E-state index in [4.69, 9.17) is 0 Å². The smallest absolute Gasteiger partial charge is 0.148 e. The van der Waals surface area contributed by atoms with E-state index in [0.29, 0.717) is 13.1 Å². The van der Waals surface area contributed by atoms with Gasteiger partial charge in [-0.05, 0) is 19.9 Å². The van der Waals surface area contributed by atoms with Crippen molar-refractivity contribution in [3.8, 4) is 0 Å². The van der Waals surface area contributed by atoms with Gasteiger partial charge in [-0.15, -0.1) is 0 Å². The highest BCUT2D eigenvalue weighted by molar-refractivity contribution is 7.90. The van der Waals surface area contributed by atoms with E-state index in [1.165, 1.54) is 6.26 Å². The lowest BCUT2D eigenvalue weighted by atomic mass is 9.92. The van der Waals surface area contributed by atoms with Gasteiger partial charge < -0.3 is 10.0 Å². The van der Waals surface area contributed by atoms with Gasteiger partial charge in [0.1, 0.15) is 9.84 Å². The highest BCUT2D eigenvalue weighted by Crippen LogP contribution is 2.16. The average molecular weight is 237 g/mol. The van der Waals surface area contributed by atoms with Crippen molar-refractivity contribution in [1.29, 1.82) is 0 Å². The summed E-state index contributed by atoms with van der Waals surface area (Å²) in [7, 11) is -1.10. The number of likely N-dealkylation sites (N-methyl/N-ethyl adjacent to an activating group) is 1. The largest absolute Gasteiger partial charge is 0.389 e. The van der Waals surface area contributed by atoms with Gasteiger partial charge >= 0.3 is 0 Å². The number of hydrogen-bond acceptors (Lipinski definition) is 4. The van der Waals surface area contributed by atoms with Crippen molar-refractivity contribution in [2.24, 2.45) is 5.92 Å². The molecular formula is C10H23NO3S. The zero-order valence-electron chi connectivity index (χ0n) is 10.3. The molecule has 0 radical (unpaired) electrons. The van der Waals surface area contributed by atoms with Crippen LogP contribution in [0.5, 0.6) is 0 Å². The first-order valence-electron chi connectivity index (χ1n) is 5.13.